The zero-order chi connectivity index (χ0) is 12.9. The third-order valence-electron chi connectivity index (χ3n) is 2.63. The molecule has 0 radical (unpaired) electrons. The fourth-order valence-corrected chi connectivity index (χ4v) is 2.18. The van der Waals surface area contributed by atoms with Crippen molar-refractivity contribution in [2.75, 3.05) is 0 Å². The standard InChI is InChI=1S/C10H6N2O5S/c13-9-5-2-1-3-7-8(5)6(4-11-7)10(14)12(9)17-18(15)16/h1-4,14H,(H,15,16)/p-1. The molecule has 1 unspecified atom stereocenters. The minimum Gasteiger partial charge on any atom is -0.738 e. The number of aliphatic imine (C=N–C) groups is 1. The highest BCUT2D eigenvalue weighted by atomic mass is 32.2. The average molecular weight is 265 g/mol. The van der Waals surface area contributed by atoms with E-state index < -0.39 is 22.8 Å². The van der Waals surface area contributed by atoms with Gasteiger partial charge in [-0.25, -0.2) is 4.21 Å². The maximum absolute atomic E-state index is 12.0. The monoisotopic (exact) mass is 265 g/mol. The molecule has 1 N–H and O–H groups in total. The quantitative estimate of drug-likeness (QED) is 0.656. The third kappa shape index (κ3) is 1.36. The number of aromatic hydroxyl groups is 1. The molecule has 92 valence electrons. The maximum atomic E-state index is 12.0. The van der Waals surface area contributed by atoms with Gasteiger partial charge >= 0.3 is 0 Å². The highest BCUT2D eigenvalue weighted by molar-refractivity contribution is 7.74. The van der Waals surface area contributed by atoms with Gasteiger partial charge in [-0.2, -0.15) is 0 Å². The van der Waals surface area contributed by atoms with Crippen LogP contribution in [0.25, 0.3) is 10.8 Å². The van der Waals surface area contributed by atoms with Crippen LogP contribution in [0.1, 0.15) is 5.56 Å². The van der Waals surface area contributed by atoms with E-state index in [0.29, 0.717) is 15.8 Å². The van der Waals surface area contributed by atoms with Crippen molar-refractivity contribution in [3.8, 4) is 5.88 Å². The summed E-state index contributed by atoms with van der Waals surface area (Å²) in [6.07, 6.45) is 1.35. The summed E-state index contributed by atoms with van der Waals surface area (Å²) in [6, 6.07) is 4.80. The summed E-state index contributed by atoms with van der Waals surface area (Å²) in [6.45, 7) is 0. The Kier molecular flexibility index (Phi) is 2.22. The van der Waals surface area contributed by atoms with Crippen molar-refractivity contribution in [1.29, 1.82) is 0 Å². The number of hydrogen-bond acceptors (Lipinski definition) is 6. The van der Waals surface area contributed by atoms with Gasteiger partial charge in [-0.05, 0) is 12.1 Å². The molecular formula is C10H5N2O5S-. The van der Waals surface area contributed by atoms with Crippen LogP contribution in [0, 0.1) is 0 Å². The number of nitrogens with zero attached hydrogens (tertiary/aromatic N) is 2. The van der Waals surface area contributed by atoms with Crippen LogP contribution in [0.5, 0.6) is 5.88 Å². The fraction of sp³-hybridized carbons (Fsp3) is 0. The summed E-state index contributed by atoms with van der Waals surface area (Å²) >= 11 is -2.96. The topological polar surface area (TPSA) is 104 Å². The normalized spacial score (nSPS) is 14.1. The highest BCUT2D eigenvalue weighted by Crippen LogP contribution is 2.35. The Bertz CT molecular complexity index is 780. The van der Waals surface area contributed by atoms with Gasteiger partial charge in [-0.3, -0.25) is 9.79 Å². The van der Waals surface area contributed by atoms with Gasteiger partial charge in [-0.15, -0.1) is 0 Å². The molecule has 2 aromatic rings. The molecule has 0 saturated heterocycles. The van der Waals surface area contributed by atoms with Gasteiger partial charge in [0.05, 0.1) is 16.6 Å². The zero-order valence-corrected chi connectivity index (χ0v) is 9.51. The summed E-state index contributed by atoms with van der Waals surface area (Å²) in [5, 5.41) is 10.5. The molecule has 18 heavy (non-hydrogen) atoms. The molecule has 2 heterocycles. The van der Waals surface area contributed by atoms with E-state index in [1.165, 1.54) is 12.3 Å². The molecule has 0 spiro atoms. The Morgan fingerprint density at radius 2 is 2.22 bits per heavy atom. The molecule has 0 amide bonds. The number of pyridine rings is 1. The molecule has 3 rings (SSSR count). The van der Waals surface area contributed by atoms with E-state index in [4.69, 9.17) is 0 Å². The lowest BCUT2D eigenvalue weighted by molar-refractivity contribution is 0.216. The van der Waals surface area contributed by atoms with Crippen LogP contribution in [-0.2, 0) is 11.4 Å². The largest absolute Gasteiger partial charge is 0.738 e. The predicted octanol–water partition coefficient (Wildman–Crippen LogP) is -0.00620. The van der Waals surface area contributed by atoms with Crippen LogP contribution in [0.2, 0.25) is 0 Å². The highest BCUT2D eigenvalue weighted by Gasteiger charge is 2.21. The second-order valence-electron chi connectivity index (χ2n) is 3.57. The number of rotatable bonds is 2. The SMILES string of the molecule is O=c1c2cccc3c2c(c(O)n1OS(=O)[O-])C=N3. The van der Waals surface area contributed by atoms with Crippen molar-refractivity contribution >= 4 is 34.0 Å². The lowest BCUT2D eigenvalue weighted by atomic mass is 10.1. The summed E-state index contributed by atoms with van der Waals surface area (Å²) in [7, 11) is 0. The third-order valence-corrected chi connectivity index (χ3v) is 2.90. The lowest BCUT2D eigenvalue weighted by Crippen LogP contribution is -2.28. The minimum absolute atomic E-state index is 0.225. The maximum Gasteiger partial charge on any atom is 0.295 e. The van der Waals surface area contributed by atoms with Crippen LogP contribution in [-0.4, -0.2) is 24.8 Å². The Morgan fingerprint density at radius 1 is 1.44 bits per heavy atom. The van der Waals surface area contributed by atoms with Gasteiger partial charge in [0.25, 0.3) is 5.56 Å². The van der Waals surface area contributed by atoms with Gasteiger partial charge in [0.1, 0.15) is 0 Å². The molecule has 8 heteroatoms. The van der Waals surface area contributed by atoms with E-state index in [2.05, 4.69) is 9.28 Å². The van der Waals surface area contributed by atoms with Gasteiger partial charge in [-0.1, -0.05) is 10.8 Å². The van der Waals surface area contributed by atoms with Crippen molar-refractivity contribution in [3.63, 3.8) is 0 Å². The first-order chi connectivity index (χ1) is 8.59. The van der Waals surface area contributed by atoms with Gasteiger partial charge < -0.3 is 13.9 Å². The Morgan fingerprint density at radius 3 is 2.94 bits per heavy atom. The number of hydrogen-bond donors (Lipinski definition) is 1. The van der Waals surface area contributed by atoms with Gasteiger partial charge in [0, 0.05) is 11.6 Å². The fourth-order valence-electron chi connectivity index (χ4n) is 1.92. The summed E-state index contributed by atoms with van der Waals surface area (Å²) in [5.41, 5.74) is 0.0405. The minimum atomic E-state index is -2.96. The van der Waals surface area contributed by atoms with Crippen LogP contribution in [0.3, 0.4) is 0 Å². The summed E-state index contributed by atoms with van der Waals surface area (Å²) < 4.78 is 25.6. The summed E-state index contributed by atoms with van der Waals surface area (Å²) in [5.74, 6) is -0.592. The summed E-state index contributed by atoms with van der Waals surface area (Å²) in [4.78, 5) is 16.0. The Labute approximate surface area is 102 Å². The molecule has 1 aliphatic rings. The van der Waals surface area contributed by atoms with Crippen molar-refractivity contribution < 1.29 is 18.2 Å². The molecule has 1 aliphatic heterocycles. The lowest BCUT2D eigenvalue weighted by Gasteiger charge is -2.12. The molecule has 1 aromatic heterocycles. The average Bonchev–Trinajstić information content (AvgIpc) is 2.76. The first-order valence-corrected chi connectivity index (χ1v) is 5.82. The van der Waals surface area contributed by atoms with E-state index in [1.807, 2.05) is 0 Å². The second-order valence-corrected chi connectivity index (χ2v) is 4.13. The molecule has 1 aromatic carbocycles. The van der Waals surface area contributed by atoms with Crippen molar-refractivity contribution in [1.82, 2.24) is 4.73 Å². The molecule has 0 saturated carbocycles. The zero-order valence-electron chi connectivity index (χ0n) is 8.69. The molecule has 0 aliphatic carbocycles. The molecule has 1 atom stereocenters. The van der Waals surface area contributed by atoms with Crippen LogP contribution >= 0.6 is 0 Å². The Hall–Kier alpha value is -2.19. The van der Waals surface area contributed by atoms with Crippen LogP contribution in [0.15, 0.2) is 28.0 Å². The molecule has 7 nitrogen and oxygen atoms in total. The van der Waals surface area contributed by atoms with Crippen molar-refractivity contribution in [2.24, 2.45) is 4.99 Å². The number of aromatic nitrogens is 1. The van der Waals surface area contributed by atoms with Crippen molar-refractivity contribution in [2.45, 2.75) is 0 Å². The number of benzene rings is 1. The van der Waals surface area contributed by atoms with Gasteiger partial charge in [0.15, 0.2) is 11.4 Å². The molecule has 0 fully saturated rings. The molecular weight excluding hydrogens is 260 g/mol. The van der Waals surface area contributed by atoms with E-state index in [-0.39, 0.29) is 10.9 Å². The van der Waals surface area contributed by atoms with E-state index in [9.17, 15) is 18.7 Å². The second kappa shape index (κ2) is 3.65. The van der Waals surface area contributed by atoms with Crippen LogP contribution in [0.4, 0.5) is 5.69 Å². The van der Waals surface area contributed by atoms with E-state index in [1.54, 1.807) is 12.1 Å². The van der Waals surface area contributed by atoms with E-state index >= 15 is 0 Å². The van der Waals surface area contributed by atoms with E-state index in [0.717, 1.165) is 0 Å². The van der Waals surface area contributed by atoms with Crippen molar-refractivity contribution in [3.05, 3.63) is 34.1 Å². The first-order valence-electron chi connectivity index (χ1n) is 4.82. The smallest absolute Gasteiger partial charge is 0.295 e. The van der Waals surface area contributed by atoms with Crippen LogP contribution < -0.4 is 9.84 Å². The van der Waals surface area contributed by atoms with Gasteiger partial charge in [0.2, 0.25) is 5.88 Å². The Balaban J connectivity index is 2.46. The first kappa shape index (κ1) is 10.9. The predicted molar refractivity (Wildman–Crippen MR) is 62.6 cm³/mol. The molecule has 0 bridgehead atoms.